The van der Waals surface area contributed by atoms with E-state index in [1.807, 2.05) is 20.8 Å². The molecule has 0 aliphatic heterocycles. The highest BCUT2D eigenvalue weighted by atomic mass is 79.9. The molecule has 96 valence electrons. The van der Waals surface area contributed by atoms with Crippen molar-refractivity contribution in [2.75, 3.05) is 0 Å². The molecule has 0 spiro atoms. The molecule has 0 heterocycles. The van der Waals surface area contributed by atoms with Gasteiger partial charge in [-0.15, -0.1) is 0 Å². The second kappa shape index (κ2) is 5.52. The third kappa shape index (κ3) is 5.33. The summed E-state index contributed by atoms with van der Waals surface area (Å²) >= 11 is 3.52. The van der Waals surface area contributed by atoms with Crippen molar-refractivity contribution in [1.29, 1.82) is 0 Å². The number of halogens is 1. The minimum absolute atomic E-state index is 0.138. The van der Waals surface area contributed by atoms with Gasteiger partial charge in [-0.05, 0) is 25.2 Å². The maximum absolute atomic E-state index is 11.9. The second-order valence-corrected chi connectivity index (χ2v) is 7.73. The Morgan fingerprint density at radius 1 is 1.19 bits per heavy atom. The Hall–Kier alpha value is -0.0500. The van der Waals surface area contributed by atoms with Crippen LogP contribution >= 0.6 is 15.9 Å². The van der Waals surface area contributed by atoms with Crippen LogP contribution in [0.4, 0.5) is 0 Å². The van der Waals surface area contributed by atoms with E-state index in [4.69, 9.17) is 0 Å². The van der Waals surface area contributed by atoms with E-state index in [1.165, 1.54) is 0 Å². The van der Waals surface area contributed by atoms with Crippen LogP contribution in [0.15, 0.2) is 0 Å². The molecule has 0 aliphatic carbocycles. The van der Waals surface area contributed by atoms with Crippen LogP contribution in [0, 0.1) is 11.3 Å². The van der Waals surface area contributed by atoms with Crippen molar-refractivity contribution in [2.45, 2.75) is 65.3 Å². The van der Waals surface area contributed by atoms with Crippen molar-refractivity contribution < 1.29 is 4.79 Å². The first-order chi connectivity index (χ1) is 6.97. The summed E-state index contributed by atoms with van der Waals surface area (Å²) in [5.74, 6) is 0.521. The SMILES string of the molecule is CC(CC(=O)NC(C)(C)C(C)Br)C(C)(C)C. The molecule has 1 N–H and O–H groups in total. The zero-order valence-corrected chi connectivity index (χ0v) is 13.2. The number of alkyl halides is 1. The number of carbonyl (C=O) groups excluding carboxylic acids is 1. The summed E-state index contributed by atoms with van der Waals surface area (Å²) in [5, 5.41) is 3.07. The normalized spacial score (nSPS) is 16.8. The predicted molar refractivity (Wildman–Crippen MR) is 73.8 cm³/mol. The second-order valence-electron chi connectivity index (χ2n) is 6.36. The van der Waals surface area contributed by atoms with E-state index >= 15 is 0 Å². The minimum Gasteiger partial charge on any atom is -0.350 e. The lowest BCUT2D eigenvalue weighted by Crippen LogP contribution is -2.49. The molecule has 0 fully saturated rings. The van der Waals surface area contributed by atoms with Gasteiger partial charge in [0.2, 0.25) is 5.91 Å². The van der Waals surface area contributed by atoms with Crippen molar-refractivity contribution in [3.63, 3.8) is 0 Å². The third-order valence-corrected chi connectivity index (χ3v) is 4.57. The van der Waals surface area contributed by atoms with E-state index in [0.717, 1.165) is 0 Å². The van der Waals surface area contributed by atoms with Crippen LogP contribution in [-0.4, -0.2) is 16.3 Å². The lowest BCUT2D eigenvalue weighted by Gasteiger charge is -2.32. The molecule has 16 heavy (non-hydrogen) atoms. The zero-order valence-electron chi connectivity index (χ0n) is 11.6. The standard InChI is InChI=1S/C13H26BrNO/c1-9(12(3,4)5)8-11(16)15-13(6,7)10(2)14/h9-10H,8H2,1-7H3,(H,15,16). The molecule has 0 aliphatic rings. The van der Waals surface area contributed by atoms with Crippen LogP contribution in [0.1, 0.15) is 54.9 Å². The Morgan fingerprint density at radius 2 is 1.62 bits per heavy atom. The summed E-state index contributed by atoms with van der Waals surface area (Å²) in [6, 6.07) is 0. The molecule has 0 aromatic heterocycles. The topological polar surface area (TPSA) is 29.1 Å². The van der Waals surface area contributed by atoms with E-state index in [-0.39, 0.29) is 21.7 Å². The molecule has 2 nitrogen and oxygen atoms in total. The van der Waals surface area contributed by atoms with Gasteiger partial charge in [-0.1, -0.05) is 50.5 Å². The van der Waals surface area contributed by atoms with E-state index < -0.39 is 0 Å². The quantitative estimate of drug-likeness (QED) is 0.786. The monoisotopic (exact) mass is 291 g/mol. The van der Waals surface area contributed by atoms with Gasteiger partial charge in [0.15, 0.2) is 0 Å². The highest BCUT2D eigenvalue weighted by molar-refractivity contribution is 9.09. The lowest BCUT2D eigenvalue weighted by atomic mass is 9.80. The van der Waals surface area contributed by atoms with Gasteiger partial charge >= 0.3 is 0 Å². The van der Waals surface area contributed by atoms with E-state index in [9.17, 15) is 4.79 Å². The maximum Gasteiger partial charge on any atom is 0.220 e. The molecule has 0 bridgehead atoms. The summed E-state index contributed by atoms with van der Waals surface area (Å²) < 4.78 is 0. The number of nitrogens with one attached hydrogen (secondary N) is 1. The third-order valence-electron chi connectivity index (χ3n) is 3.43. The first-order valence-corrected chi connectivity index (χ1v) is 6.83. The molecule has 0 aromatic rings. The van der Waals surface area contributed by atoms with Gasteiger partial charge in [0.1, 0.15) is 0 Å². The van der Waals surface area contributed by atoms with Crippen LogP contribution < -0.4 is 5.32 Å². The number of amides is 1. The highest BCUT2D eigenvalue weighted by Gasteiger charge is 2.28. The van der Waals surface area contributed by atoms with Crippen molar-refractivity contribution in [1.82, 2.24) is 5.32 Å². The lowest BCUT2D eigenvalue weighted by molar-refractivity contribution is -0.124. The first kappa shape index (κ1) is 16.0. The van der Waals surface area contributed by atoms with Crippen LogP contribution in [0.2, 0.25) is 0 Å². The summed E-state index contributed by atoms with van der Waals surface area (Å²) in [4.78, 5) is 12.1. The van der Waals surface area contributed by atoms with Gasteiger partial charge < -0.3 is 5.32 Å². The molecule has 0 radical (unpaired) electrons. The summed E-state index contributed by atoms with van der Waals surface area (Å²) in [5.41, 5.74) is -0.0177. The average molecular weight is 292 g/mol. The predicted octanol–water partition coefficient (Wildman–Crippen LogP) is 3.74. The van der Waals surface area contributed by atoms with Crippen molar-refractivity contribution >= 4 is 21.8 Å². The maximum atomic E-state index is 11.9. The van der Waals surface area contributed by atoms with Crippen molar-refractivity contribution in [2.24, 2.45) is 11.3 Å². The minimum atomic E-state index is -0.200. The van der Waals surface area contributed by atoms with Crippen LogP contribution in [0.25, 0.3) is 0 Å². The Labute approximate surface area is 109 Å². The van der Waals surface area contributed by atoms with Gasteiger partial charge in [-0.2, -0.15) is 0 Å². The largest absolute Gasteiger partial charge is 0.350 e. The van der Waals surface area contributed by atoms with Crippen molar-refractivity contribution in [3.8, 4) is 0 Å². The van der Waals surface area contributed by atoms with Gasteiger partial charge in [0.05, 0.1) is 0 Å². The van der Waals surface area contributed by atoms with Gasteiger partial charge in [-0.3, -0.25) is 4.79 Å². The first-order valence-electron chi connectivity index (χ1n) is 5.92. The van der Waals surface area contributed by atoms with Gasteiger partial charge in [-0.25, -0.2) is 0 Å². The fourth-order valence-electron chi connectivity index (χ4n) is 1.09. The Morgan fingerprint density at radius 3 is 1.94 bits per heavy atom. The molecular formula is C13H26BrNO. The van der Waals surface area contributed by atoms with E-state index in [1.54, 1.807) is 0 Å². The summed E-state index contributed by atoms with van der Waals surface area (Å²) in [6.45, 7) is 14.8. The Kier molecular flexibility index (Phi) is 5.51. The molecule has 0 saturated heterocycles. The molecule has 0 rings (SSSR count). The Bertz CT molecular complexity index is 241. The van der Waals surface area contributed by atoms with Gasteiger partial charge in [0, 0.05) is 16.8 Å². The zero-order chi connectivity index (χ0) is 13.1. The van der Waals surface area contributed by atoms with Gasteiger partial charge in [0.25, 0.3) is 0 Å². The van der Waals surface area contributed by atoms with Crippen molar-refractivity contribution in [3.05, 3.63) is 0 Å². The van der Waals surface area contributed by atoms with Crippen LogP contribution in [-0.2, 0) is 4.79 Å². The smallest absolute Gasteiger partial charge is 0.220 e. The number of hydrogen-bond donors (Lipinski definition) is 1. The number of hydrogen-bond acceptors (Lipinski definition) is 1. The van der Waals surface area contributed by atoms with E-state index in [2.05, 4.69) is 48.9 Å². The fraction of sp³-hybridized carbons (Fsp3) is 0.923. The molecular weight excluding hydrogens is 266 g/mol. The number of carbonyl (C=O) groups is 1. The van der Waals surface area contributed by atoms with Crippen LogP contribution in [0.5, 0.6) is 0 Å². The van der Waals surface area contributed by atoms with Crippen LogP contribution in [0.3, 0.4) is 0 Å². The fourth-order valence-corrected chi connectivity index (χ4v) is 1.21. The molecule has 0 aromatic carbocycles. The average Bonchev–Trinajstić information content (AvgIpc) is 2.00. The molecule has 0 saturated carbocycles. The Balaban J connectivity index is 4.30. The molecule has 3 heteroatoms. The van der Waals surface area contributed by atoms with E-state index in [0.29, 0.717) is 12.3 Å². The molecule has 1 amide bonds. The molecule has 2 unspecified atom stereocenters. The highest BCUT2D eigenvalue weighted by Crippen LogP contribution is 2.28. The summed E-state index contributed by atoms with van der Waals surface area (Å²) in [7, 11) is 0. The number of rotatable bonds is 4. The summed E-state index contributed by atoms with van der Waals surface area (Å²) in [6.07, 6.45) is 0.590. The molecule has 2 atom stereocenters.